The predicted octanol–water partition coefficient (Wildman–Crippen LogP) is 1.86. The number of amides is 1. The molecule has 1 aromatic rings. The second kappa shape index (κ2) is 6.02. The van der Waals surface area contributed by atoms with Crippen molar-refractivity contribution in [3.8, 4) is 0 Å². The van der Waals surface area contributed by atoms with Crippen LogP contribution in [0.25, 0.3) is 0 Å². The lowest BCUT2D eigenvalue weighted by Crippen LogP contribution is -2.41. The van der Waals surface area contributed by atoms with Crippen molar-refractivity contribution in [2.45, 2.75) is 24.8 Å². The Labute approximate surface area is 105 Å². The highest BCUT2D eigenvalue weighted by Gasteiger charge is 2.16. The maximum absolute atomic E-state index is 13.0. The molecular formula is C12H16FNO2S. The van der Waals surface area contributed by atoms with Crippen LogP contribution in [0, 0.1) is 11.7 Å². The van der Waals surface area contributed by atoms with E-state index in [9.17, 15) is 9.18 Å². The van der Waals surface area contributed by atoms with Crippen molar-refractivity contribution < 1.29 is 14.3 Å². The Hall–Kier alpha value is -1.07. The van der Waals surface area contributed by atoms with Crippen molar-refractivity contribution in [1.82, 2.24) is 5.32 Å². The molecule has 0 aliphatic heterocycles. The van der Waals surface area contributed by atoms with Gasteiger partial charge in [0.1, 0.15) is 5.82 Å². The number of hydrogen-bond acceptors (Lipinski definition) is 3. The minimum atomic E-state index is -0.465. The summed E-state index contributed by atoms with van der Waals surface area (Å²) in [6.45, 7) is 3.67. The van der Waals surface area contributed by atoms with Gasteiger partial charge in [-0.25, -0.2) is 4.39 Å². The van der Waals surface area contributed by atoms with Gasteiger partial charge in [-0.15, -0.1) is 12.6 Å². The molecule has 0 saturated carbocycles. The van der Waals surface area contributed by atoms with E-state index in [2.05, 4.69) is 17.9 Å². The molecule has 2 N–H and O–H groups in total. The number of carbonyl (C=O) groups is 1. The Bertz CT molecular complexity index is 409. The second-order valence-corrected chi connectivity index (χ2v) is 4.65. The molecule has 1 aromatic carbocycles. The van der Waals surface area contributed by atoms with Crippen molar-refractivity contribution in [2.75, 3.05) is 6.61 Å². The summed E-state index contributed by atoms with van der Waals surface area (Å²) in [5.41, 5.74) is 0.329. The molecule has 1 rings (SSSR count). The van der Waals surface area contributed by atoms with E-state index < -0.39 is 5.82 Å². The largest absolute Gasteiger partial charge is 0.394 e. The third-order valence-electron chi connectivity index (χ3n) is 2.53. The van der Waals surface area contributed by atoms with Gasteiger partial charge in [-0.05, 0) is 24.1 Å². The second-order valence-electron chi connectivity index (χ2n) is 4.17. The van der Waals surface area contributed by atoms with Crippen LogP contribution in [0.4, 0.5) is 4.39 Å². The molecule has 17 heavy (non-hydrogen) atoms. The van der Waals surface area contributed by atoms with Gasteiger partial charge in [-0.1, -0.05) is 13.8 Å². The highest BCUT2D eigenvalue weighted by molar-refractivity contribution is 7.80. The summed E-state index contributed by atoms with van der Waals surface area (Å²) < 4.78 is 13.0. The molecule has 1 atom stereocenters. The maximum atomic E-state index is 13.0. The fourth-order valence-corrected chi connectivity index (χ4v) is 1.54. The molecule has 0 heterocycles. The van der Waals surface area contributed by atoms with Crippen LogP contribution >= 0.6 is 12.6 Å². The zero-order valence-electron chi connectivity index (χ0n) is 9.77. The van der Waals surface area contributed by atoms with Gasteiger partial charge in [-0.2, -0.15) is 0 Å². The molecule has 0 fully saturated rings. The molecule has 5 heteroatoms. The third-order valence-corrected chi connectivity index (χ3v) is 2.87. The number of rotatable bonds is 4. The Balaban J connectivity index is 2.79. The number of aliphatic hydroxyl groups excluding tert-OH is 1. The summed E-state index contributed by atoms with van der Waals surface area (Å²) in [6.07, 6.45) is 0. The Morgan fingerprint density at radius 2 is 2.18 bits per heavy atom. The highest BCUT2D eigenvalue weighted by atomic mass is 32.1. The molecule has 0 saturated heterocycles. The third kappa shape index (κ3) is 3.71. The van der Waals surface area contributed by atoms with Crippen molar-refractivity contribution in [3.05, 3.63) is 29.6 Å². The van der Waals surface area contributed by atoms with E-state index in [4.69, 9.17) is 5.11 Å². The molecule has 0 radical (unpaired) electrons. The molecule has 3 nitrogen and oxygen atoms in total. The van der Waals surface area contributed by atoms with E-state index in [1.54, 1.807) is 0 Å². The molecule has 0 aliphatic rings. The average molecular weight is 257 g/mol. The van der Waals surface area contributed by atoms with Gasteiger partial charge >= 0.3 is 0 Å². The van der Waals surface area contributed by atoms with Crippen LogP contribution in [0.3, 0.4) is 0 Å². The van der Waals surface area contributed by atoms with Gasteiger partial charge in [-0.3, -0.25) is 4.79 Å². The quantitative estimate of drug-likeness (QED) is 0.721. The van der Waals surface area contributed by atoms with Crippen molar-refractivity contribution in [1.29, 1.82) is 0 Å². The van der Waals surface area contributed by atoms with E-state index in [-0.39, 0.29) is 29.4 Å². The summed E-state index contributed by atoms with van der Waals surface area (Å²) in [4.78, 5) is 11.9. The summed E-state index contributed by atoms with van der Waals surface area (Å²) >= 11 is 3.91. The molecule has 0 aliphatic carbocycles. The van der Waals surface area contributed by atoms with Crippen LogP contribution in [-0.4, -0.2) is 23.7 Å². The van der Waals surface area contributed by atoms with Crippen LogP contribution in [-0.2, 0) is 0 Å². The van der Waals surface area contributed by atoms with Crippen LogP contribution in [0.15, 0.2) is 23.1 Å². The first kappa shape index (κ1) is 14.0. The van der Waals surface area contributed by atoms with Gasteiger partial charge < -0.3 is 10.4 Å². The van der Waals surface area contributed by atoms with Crippen molar-refractivity contribution in [3.63, 3.8) is 0 Å². The average Bonchev–Trinajstić information content (AvgIpc) is 2.28. The van der Waals surface area contributed by atoms with E-state index >= 15 is 0 Å². The van der Waals surface area contributed by atoms with Gasteiger partial charge in [0.05, 0.1) is 12.6 Å². The van der Waals surface area contributed by atoms with Crippen molar-refractivity contribution >= 4 is 18.5 Å². The number of halogens is 1. The van der Waals surface area contributed by atoms with Crippen LogP contribution in [0.2, 0.25) is 0 Å². The lowest BCUT2D eigenvalue weighted by Gasteiger charge is -2.19. The van der Waals surface area contributed by atoms with Crippen LogP contribution in [0.1, 0.15) is 24.2 Å². The summed E-state index contributed by atoms with van der Waals surface area (Å²) in [7, 11) is 0. The van der Waals surface area contributed by atoms with E-state index in [0.29, 0.717) is 5.56 Å². The molecule has 0 bridgehead atoms. The number of nitrogens with one attached hydrogen (secondary N) is 1. The van der Waals surface area contributed by atoms with E-state index in [0.717, 1.165) is 0 Å². The molecular weight excluding hydrogens is 241 g/mol. The molecule has 94 valence electrons. The fourth-order valence-electron chi connectivity index (χ4n) is 1.33. The van der Waals surface area contributed by atoms with Gasteiger partial charge in [0, 0.05) is 10.5 Å². The van der Waals surface area contributed by atoms with Crippen molar-refractivity contribution in [2.24, 2.45) is 5.92 Å². The summed E-state index contributed by atoms with van der Waals surface area (Å²) in [5.74, 6) is -0.680. The lowest BCUT2D eigenvalue weighted by molar-refractivity contribution is 0.0896. The summed E-state index contributed by atoms with van der Waals surface area (Å²) in [6, 6.07) is 3.64. The van der Waals surface area contributed by atoms with Gasteiger partial charge in [0.2, 0.25) is 0 Å². The van der Waals surface area contributed by atoms with E-state index in [1.807, 2.05) is 13.8 Å². The SMILES string of the molecule is CC(C)C(CO)NC(=O)c1ccc(F)c(S)c1. The van der Waals surface area contributed by atoms with Crippen LogP contribution < -0.4 is 5.32 Å². The zero-order chi connectivity index (χ0) is 13.0. The number of thiol groups is 1. The summed E-state index contributed by atoms with van der Waals surface area (Å²) in [5, 5.41) is 11.8. The fraction of sp³-hybridized carbons (Fsp3) is 0.417. The molecule has 1 unspecified atom stereocenters. The normalized spacial score (nSPS) is 12.6. The van der Waals surface area contributed by atoms with Crippen LogP contribution in [0.5, 0.6) is 0 Å². The molecule has 0 aromatic heterocycles. The zero-order valence-corrected chi connectivity index (χ0v) is 10.7. The minimum absolute atomic E-state index is 0.125. The van der Waals surface area contributed by atoms with Gasteiger partial charge in [0.15, 0.2) is 0 Å². The highest BCUT2D eigenvalue weighted by Crippen LogP contribution is 2.14. The first-order valence-corrected chi connectivity index (χ1v) is 5.80. The molecule has 1 amide bonds. The maximum Gasteiger partial charge on any atom is 0.251 e. The monoisotopic (exact) mass is 257 g/mol. The Morgan fingerprint density at radius 3 is 2.65 bits per heavy atom. The number of aliphatic hydroxyl groups is 1. The first-order valence-electron chi connectivity index (χ1n) is 5.36. The number of carbonyl (C=O) groups excluding carboxylic acids is 1. The smallest absolute Gasteiger partial charge is 0.251 e. The number of benzene rings is 1. The Kier molecular flexibility index (Phi) is 4.96. The Morgan fingerprint density at radius 1 is 1.53 bits per heavy atom. The topological polar surface area (TPSA) is 49.3 Å². The number of hydrogen-bond donors (Lipinski definition) is 3. The van der Waals surface area contributed by atoms with Gasteiger partial charge in [0.25, 0.3) is 5.91 Å². The first-order chi connectivity index (χ1) is 7.95. The van der Waals surface area contributed by atoms with E-state index in [1.165, 1.54) is 18.2 Å². The predicted molar refractivity (Wildman–Crippen MR) is 66.8 cm³/mol. The lowest BCUT2D eigenvalue weighted by atomic mass is 10.0. The molecule has 0 spiro atoms. The minimum Gasteiger partial charge on any atom is -0.394 e. The standard InChI is InChI=1S/C12H16FNO2S/c1-7(2)10(6-15)14-12(16)8-3-4-9(13)11(17)5-8/h3-5,7,10,15,17H,6H2,1-2H3,(H,14,16).